The number of rotatable bonds is 7. The molecule has 0 aliphatic carbocycles. The van der Waals surface area contributed by atoms with Crippen LogP contribution >= 0.6 is 0 Å². The number of hydrogen-bond acceptors (Lipinski definition) is 1. The number of hydrogen-bond donors (Lipinski definition) is 0. The molecule has 1 nitrogen and oxygen atoms in total. The van der Waals surface area contributed by atoms with Crippen molar-refractivity contribution in [1.29, 1.82) is 0 Å². The summed E-state index contributed by atoms with van der Waals surface area (Å²) < 4.78 is 0. The zero-order valence-corrected chi connectivity index (χ0v) is 8.92. The van der Waals surface area contributed by atoms with Crippen LogP contribution in [0.25, 0.3) is 0 Å². The summed E-state index contributed by atoms with van der Waals surface area (Å²) in [5, 5.41) is 0. The molecule has 0 radical (unpaired) electrons. The Morgan fingerprint density at radius 3 is 2.62 bits per heavy atom. The SMILES string of the molecule is C=CN=C/C(=C\C)CCCCCC. The normalized spacial score (nSPS) is 12.3. The van der Waals surface area contributed by atoms with Crippen molar-refractivity contribution < 1.29 is 0 Å². The molecule has 0 unspecified atom stereocenters. The fraction of sp³-hybridized carbons (Fsp3) is 0.583. The topological polar surface area (TPSA) is 12.4 Å². The average Bonchev–Trinajstić information content (AvgIpc) is 2.17. The summed E-state index contributed by atoms with van der Waals surface area (Å²) in [6.07, 6.45) is 12.0. The zero-order valence-electron chi connectivity index (χ0n) is 8.92. The number of unbranched alkanes of at least 4 members (excludes halogenated alkanes) is 3. The van der Waals surface area contributed by atoms with Crippen molar-refractivity contribution in [3.8, 4) is 0 Å². The molecule has 0 spiro atoms. The summed E-state index contributed by atoms with van der Waals surface area (Å²) in [4.78, 5) is 4.01. The molecule has 0 fully saturated rings. The highest BCUT2D eigenvalue weighted by Crippen LogP contribution is 2.08. The molecule has 0 saturated carbocycles. The molecular formula is C12H21N. The van der Waals surface area contributed by atoms with E-state index in [0.717, 1.165) is 6.42 Å². The summed E-state index contributed by atoms with van der Waals surface area (Å²) >= 11 is 0. The first-order chi connectivity index (χ1) is 6.35. The first kappa shape index (κ1) is 12.2. The lowest BCUT2D eigenvalue weighted by molar-refractivity contribution is 0.670. The Balaban J connectivity index is 3.61. The molecule has 0 aromatic rings. The summed E-state index contributed by atoms with van der Waals surface area (Å²) in [5.41, 5.74) is 1.32. The fourth-order valence-electron chi connectivity index (χ4n) is 1.19. The highest BCUT2D eigenvalue weighted by atomic mass is 14.7. The maximum absolute atomic E-state index is 4.01. The minimum absolute atomic E-state index is 1.15. The molecule has 0 bridgehead atoms. The second-order valence-electron chi connectivity index (χ2n) is 3.13. The van der Waals surface area contributed by atoms with Crippen LogP contribution in [0.4, 0.5) is 0 Å². The van der Waals surface area contributed by atoms with Crippen molar-refractivity contribution >= 4 is 6.21 Å². The van der Waals surface area contributed by atoms with Gasteiger partial charge < -0.3 is 0 Å². The molecule has 0 atom stereocenters. The van der Waals surface area contributed by atoms with Crippen molar-refractivity contribution in [3.63, 3.8) is 0 Å². The molecule has 0 aliphatic heterocycles. The predicted molar refractivity (Wildman–Crippen MR) is 61.2 cm³/mol. The van der Waals surface area contributed by atoms with Gasteiger partial charge in [0, 0.05) is 12.4 Å². The molecule has 0 N–H and O–H groups in total. The molecule has 1 heteroatoms. The van der Waals surface area contributed by atoms with Gasteiger partial charge in [0.05, 0.1) is 0 Å². The van der Waals surface area contributed by atoms with E-state index >= 15 is 0 Å². The average molecular weight is 179 g/mol. The molecule has 0 rings (SSSR count). The standard InChI is InChI=1S/C12H21N/c1-4-7-8-9-10-12(5-2)11-13-6-3/h5-6,11H,3-4,7-10H2,1-2H3/b12-5-,13-11?. The van der Waals surface area contributed by atoms with E-state index in [4.69, 9.17) is 0 Å². The van der Waals surface area contributed by atoms with Crippen LogP contribution in [0.15, 0.2) is 29.4 Å². The van der Waals surface area contributed by atoms with Gasteiger partial charge in [-0.3, -0.25) is 4.99 Å². The van der Waals surface area contributed by atoms with Crippen molar-refractivity contribution in [2.75, 3.05) is 0 Å². The molecule has 0 amide bonds. The van der Waals surface area contributed by atoms with Crippen LogP contribution in [0.1, 0.15) is 46.0 Å². The highest BCUT2D eigenvalue weighted by molar-refractivity contribution is 5.78. The minimum atomic E-state index is 1.15. The monoisotopic (exact) mass is 179 g/mol. The van der Waals surface area contributed by atoms with Crippen LogP contribution in [-0.2, 0) is 0 Å². The predicted octanol–water partition coefficient (Wildman–Crippen LogP) is 4.12. The van der Waals surface area contributed by atoms with Crippen LogP contribution < -0.4 is 0 Å². The lowest BCUT2D eigenvalue weighted by atomic mass is 10.1. The quantitative estimate of drug-likeness (QED) is 0.412. The number of allylic oxidation sites excluding steroid dienone is 2. The van der Waals surface area contributed by atoms with E-state index in [9.17, 15) is 0 Å². The molecule has 0 saturated heterocycles. The molecule has 0 aromatic carbocycles. The van der Waals surface area contributed by atoms with Gasteiger partial charge in [-0.05, 0) is 25.3 Å². The van der Waals surface area contributed by atoms with Gasteiger partial charge in [0.15, 0.2) is 0 Å². The molecule has 0 aromatic heterocycles. The van der Waals surface area contributed by atoms with Gasteiger partial charge >= 0.3 is 0 Å². The zero-order chi connectivity index (χ0) is 9.94. The lowest BCUT2D eigenvalue weighted by Gasteiger charge is -1.99. The van der Waals surface area contributed by atoms with Crippen LogP contribution in [-0.4, -0.2) is 6.21 Å². The second-order valence-corrected chi connectivity index (χ2v) is 3.13. The van der Waals surface area contributed by atoms with Gasteiger partial charge in [-0.15, -0.1) is 0 Å². The van der Waals surface area contributed by atoms with Crippen molar-refractivity contribution in [2.24, 2.45) is 4.99 Å². The van der Waals surface area contributed by atoms with Gasteiger partial charge in [0.25, 0.3) is 0 Å². The summed E-state index contributed by atoms with van der Waals surface area (Å²) in [6, 6.07) is 0. The molecule has 0 aliphatic rings. The molecule has 0 heterocycles. The van der Waals surface area contributed by atoms with Crippen molar-refractivity contribution in [3.05, 3.63) is 24.4 Å². The van der Waals surface area contributed by atoms with E-state index in [-0.39, 0.29) is 0 Å². The van der Waals surface area contributed by atoms with Gasteiger partial charge in [0.2, 0.25) is 0 Å². The number of aliphatic imine (C=N–C) groups is 1. The van der Waals surface area contributed by atoms with Gasteiger partial charge in [-0.2, -0.15) is 0 Å². The van der Waals surface area contributed by atoms with Gasteiger partial charge in [-0.25, -0.2) is 0 Å². The smallest absolute Gasteiger partial charge is 0.0296 e. The van der Waals surface area contributed by atoms with Crippen LogP contribution in [0.5, 0.6) is 0 Å². The summed E-state index contributed by atoms with van der Waals surface area (Å²) in [6.45, 7) is 7.84. The fourth-order valence-corrected chi connectivity index (χ4v) is 1.19. The Kier molecular flexibility index (Phi) is 8.64. The van der Waals surface area contributed by atoms with Crippen molar-refractivity contribution in [1.82, 2.24) is 0 Å². The van der Waals surface area contributed by atoms with E-state index < -0.39 is 0 Å². The van der Waals surface area contributed by atoms with E-state index in [1.807, 2.05) is 6.21 Å². The maximum Gasteiger partial charge on any atom is 0.0296 e. The maximum atomic E-state index is 4.01. The lowest BCUT2D eigenvalue weighted by Crippen LogP contribution is -1.85. The largest absolute Gasteiger partial charge is 0.265 e. The first-order valence-corrected chi connectivity index (χ1v) is 5.14. The van der Waals surface area contributed by atoms with Crippen LogP contribution in [0.3, 0.4) is 0 Å². The molecular weight excluding hydrogens is 158 g/mol. The third-order valence-electron chi connectivity index (χ3n) is 2.04. The Labute approximate surface area is 82.3 Å². The Bertz CT molecular complexity index is 178. The second kappa shape index (κ2) is 9.24. The van der Waals surface area contributed by atoms with Crippen molar-refractivity contribution in [2.45, 2.75) is 46.0 Å². The third kappa shape index (κ3) is 7.51. The van der Waals surface area contributed by atoms with Crippen LogP contribution in [0.2, 0.25) is 0 Å². The summed E-state index contributed by atoms with van der Waals surface area (Å²) in [5.74, 6) is 0. The van der Waals surface area contributed by atoms with E-state index in [1.54, 1.807) is 6.20 Å². The summed E-state index contributed by atoms with van der Waals surface area (Å²) in [7, 11) is 0. The van der Waals surface area contributed by atoms with E-state index in [0.29, 0.717) is 0 Å². The van der Waals surface area contributed by atoms with Gasteiger partial charge in [0.1, 0.15) is 0 Å². The first-order valence-electron chi connectivity index (χ1n) is 5.14. The van der Waals surface area contributed by atoms with Crippen LogP contribution in [0, 0.1) is 0 Å². The minimum Gasteiger partial charge on any atom is -0.265 e. The molecule has 74 valence electrons. The Morgan fingerprint density at radius 1 is 1.31 bits per heavy atom. The third-order valence-corrected chi connectivity index (χ3v) is 2.04. The Hall–Kier alpha value is -0.850. The van der Waals surface area contributed by atoms with E-state index in [2.05, 4.69) is 31.5 Å². The highest BCUT2D eigenvalue weighted by Gasteiger charge is 1.92. The van der Waals surface area contributed by atoms with Gasteiger partial charge in [-0.1, -0.05) is 38.8 Å². The Morgan fingerprint density at radius 2 is 2.08 bits per heavy atom. The molecule has 13 heavy (non-hydrogen) atoms. The number of nitrogens with zero attached hydrogens (tertiary/aromatic N) is 1. The van der Waals surface area contributed by atoms with E-state index in [1.165, 1.54) is 31.3 Å².